The van der Waals surface area contributed by atoms with Crippen LogP contribution < -0.4 is 9.64 Å². The number of anilines is 2. The van der Waals surface area contributed by atoms with Gasteiger partial charge in [0.05, 0.1) is 24.6 Å². The van der Waals surface area contributed by atoms with Crippen molar-refractivity contribution in [3.05, 3.63) is 42.4 Å². The van der Waals surface area contributed by atoms with Gasteiger partial charge in [0.1, 0.15) is 12.4 Å². The first-order valence-electron chi connectivity index (χ1n) is 5.80. The second kappa shape index (κ2) is 4.56. The fourth-order valence-electron chi connectivity index (χ4n) is 2.00. The number of rotatable bonds is 2. The number of hydrogen-bond acceptors (Lipinski definition) is 5. The van der Waals surface area contributed by atoms with Crippen molar-refractivity contribution < 1.29 is 14.6 Å². The zero-order valence-corrected chi connectivity index (χ0v) is 9.98. The number of carboxylic acids is 1. The normalized spacial score (nSPS) is 13.6. The maximum atomic E-state index is 10.9. The molecule has 0 unspecified atom stereocenters. The van der Waals surface area contributed by atoms with Crippen LogP contribution in [0.5, 0.6) is 5.75 Å². The number of aromatic nitrogens is 2. The Labute approximate surface area is 109 Å². The predicted octanol–water partition coefficient (Wildman–Crippen LogP) is 1.71. The molecule has 2 aromatic rings. The second-order valence-electron chi connectivity index (χ2n) is 4.04. The highest BCUT2D eigenvalue weighted by molar-refractivity contribution is 5.85. The van der Waals surface area contributed by atoms with Crippen molar-refractivity contribution >= 4 is 17.5 Å². The number of aromatic carboxylic acids is 1. The van der Waals surface area contributed by atoms with E-state index in [0.717, 1.165) is 11.4 Å². The van der Waals surface area contributed by atoms with E-state index < -0.39 is 5.97 Å². The molecule has 6 nitrogen and oxygen atoms in total. The standard InChI is InChI=1S/C13H11N3O3/c17-13(18)9-7-14-8-12(15-9)16-5-6-19-11-4-2-1-3-10(11)16/h1-4,7-8H,5-6H2,(H,17,18). The minimum Gasteiger partial charge on any atom is -0.490 e. The van der Waals surface area contributed by atoms with Crippen LogP contribution in [0.3, 0.4) is 0 Å². The van der Waals surface area contributed by atoms with Crippen molar-refractivity contribution in [1.82, 2.24) is 9.97 Å². The molecule has 0 saturated carbocycles. The van der Waals surface area contributed by atoms with Crippen LogP contribution in [0.15, 0.2) is 36.7 Å². The average Bonchev–Trinajstić information content (AvgIpc) is 2.47. The Hall–Kier alpha value is -2.63. The zero-order valence-electron chi connectivity index (χ0n) is 9.98. The lowest BCUT2D eigenvalue weighted by molar-refractivity contribution is 0.0690. The monoisotopic (exact) mass is 257 g/mol. The minimum atomic E-state index is -1.09. The molecule has 0 spiro atoms. The fraction of sp³-hybridized carbons (Fsp3) is 0.154. The van der Waals surface area contributed by atoms with Crippen molar-refractivity contribution in [3.63, 3.8) is 0 Å². The summed E-state index contributed by atoms with van der Waals surface area (Å²) in [6, 6.07) is 7.57. The van der Waals surface area contributed by atoms with Crippen LogP contribution in [0.1, 0.15) is 10.5 Å². The third-order valence-corrected chi connectivity index (χ3v) is 2.85. The molecule has 1 aromatic heterocycles. The van der Waals surface area contributed by atoms with Gasteiger partial charge < -0.3 is 14.7 Å². The summed E-state index contributed by atoms with van der Waals surface area (Å²) in [5.41, 5.74) is 0.798. The van der Waals surface area contributed by atoms with Gasteiger partial charge in [-0.15, -0.1) is 0 Å². The number of para-hydroxylation sites is 2. The summed E-state index contributed by atoms with van der Waals surface area (Å²) in [4.78, 5) is 20.9. The molecule has 0 saturated heterocycles. The Kier molecular flexibility index (Phi) is 2.75. The van der Waals surface area contributed by atoms with Gasteiger partial charge in [-0.05, 0) is 12.1 Å². The number of benzene rings is 1. The molecule has 3 rings (SSSR count). The first-order chi connectivity index (χ1) is 9.25. The lowest BCUT2D eigenvalue weighted by Gasteiger charge is -2.30. The summed E-state index contributed by atoms with van der Waals surface area (Å²) in [6.07, 6.45) is 2.78. The van der Waals surface area contributed by atoms with Crippen molar-refractivity contribution in [1.29, 1.82) is 0 Å². The van der Waals surface area contributed by atoms with Crippen LogP contribution in [-0.4, -0.2) is 34.2 Å². The molecule has 6 heteroatoms. The lowest BCUT2D eigenvalue weighted by Crippen LogP contribution is -2.29. The Balaban J connectivity index is 2.04. The molecule has 0 amide bonds. The maximum absolute atomic E-state index is 10.9. The van der Waals surface area contributed by atoms with Crippen molar-refractivity contribution in [2.75, 3.05) is 18.1 Å². The number of hydrogen-bond donors (Lipinski definition) is 1. The van der Waals surface area contributed by atoms with E-state index in [1.807, 2.05) is 29.2 Å². The summed E-state index contributed by atoms with van der Waals surface area (Å²) >= 11 is 0. The number of fused-ring (bicyclic) bond motifs is 1. The van der Waals surface area contributed by atoms with Gasteiger partial charge in [0, 0.05) is 0 Å². The van der Waals surface area contributed by atoms with Gasteiger partial charge in [0.25, 0.3) is 0 Å². The molecular formula is C13H11N3O3. The van der Waals surface area contributed by atoms with E-state index in [4.69, 9.17) is 9.84 Å². The number of ether oxygens (including phenoxy) is 1. The largest absolute Gasteiger partial charge is 0.490 e. The molecule has 0 bridgehead atoms. The van der Waals surface area contributed by atoms with E-state index >= 15 is 0 Å². The molecule has 2 heterocycles. The molecular weight excluding hydrogens is 246 g/mol. The van der Waals surface area contributed by atoms with E-state index in [0.29, 0.717) is 19.0 Å². The van der Waals surface area contributed by atoms with Crippen molar-refractivity contribution in [2.24, 2.45) is 0 Å². The van der Waals surface area contributed by atoms with E-state index in [9.17, 15) is 4.79 Å². The van der Waals surface area contributed by atoms with Gasteiger partial charge >= 0.3 is 5.97 Å². The molecule has 1 aliphatic heterocycles. The average molecular weight is 257 g/mol. The smallest absolute Gasteiger partial charge is 0.356 e. The van der Waals surface area contributed by atoms with Gasteiger partial charge in [-0.25, -0.2) is 9.78 Å². The summed E-state index contributed by atoms with van der Waals surface area (Å²) in [5.74, 6) is 0.183. The lowest BCUT2D eigenvalue weighted by atomic mass is 10.2. The first-order valence-corrected chi connectivity index (χ1v) is 5.80. The number of carboxylic acid groups (broad SMARTS) is 1. The highest BCUT2D eigenvalue weighted by atomic mass is 16.5. The minimum absolute atomic E-state index is 0.0681. The van der Waals surface area contributed by atoms with Gasteiger partial charge in [0.2, 0.25) is 0 Å². The predicted molar refractivity (Wildman–Crippen MR) is 67.9 cm³/mol. The molecule has 0 fully saturated rings. The molecule has 19 heavy (non-hydrogen) atoms. The van der Waals surface area contributed by atoms with Crippen molar-refractivity contribution in [3.8, 4) is 5.75 Å². The number of carbonyl (C=O) groups is 1. The topological polar surface area (TPSA) is 75.5 Å². The van der Waals surface area contributed by atoms with E-state index in [1.165, 1.54) is 6.20 Å². The second-order valence-corrected chi connectivity index (χ2v) is 4.04. The molecule has 1 aliphatic rings. The molecule has 1 N–H and O–H groups in total. The van der Waals surface area contributed by atoms with Crippen LogP contribution in [-0.2, 0) is 0 Å². The SMILES string of the molecule is O=C(O)c1cncc(N2CCOc3ccccc32)n1. The molecule has 1 aromatic carbocycles. The Morgan fingerprint density at radius 3 is 3.00 bits per heavy atom. The van der Waals surface area contributed by atoms with Crippen LogP contribution in [0, 0.1) is 0 Å². The third-order valence-electron chi connectivity index (χ3n) is 2.85. The fourth-order valence-corrected chi connectivity index (χ4v) is 2.00. The van der Waals surface area contributed by atoms with Crippen LogP contribution in [0.4, 0.5) is 11.5 Å². The van der Waals surface area contributed by atoms with Gasteiger partial charge in [-0.2, -0.15) is 0 Å². The van der Waals surface area contributed by atoms with E-state index in [2.05, 4.69) is 9.97 Å². The first kappa shape index (κ1) is 11.5. The highest BCUT2D eigenvalue weighted by Gasteiger charge is 2.21. The molecule has 96 valence electrons. The Morgan fingerprint density at radius 1 is 1.32 bits per heavy atom. The van der Waals surface area contributed by atoms with E-state index in [1.54, 1.807) is 6.20 Å². The van der Waals surface area contributed by atoms with Gasteiger partial charge in [-0.1, -0.05) is 12.1 Å². The summed E-state index contributed by atoms with van der Waals surface area (Å²) in [6.45, 7) is 1.13. The summed E-state index contributed by atoms with van der Waals surface area (Å²) in [7, 11) is 0. The Morgan fingerprint density at radius 2 is 2.16 bits per heavy atom. The Bertz CT molecular complexity index is 630. The molecule has 0 atom stereocenters. The van der Waals surface area contributed by atoms with Gasteiger partial charge in [0.15, 0.2) is 11.5 Å². The molecule has 0 aliphatic carbocycles. The van der Waals surface area contributed by atoms with Crippen LogP contribution in [0.25, 0.3) is 0 Å². The summed E-state index contributed by atoms with van der Waals surface area (Å²) in [5, 5.41) is 8.96. The van der Waals surface area contributed by atoms with Crippen molar-refractivity contribution in [2.45, 2.75) is 0 Å². The zero-order chi connectivity index (χ0) is 13.2. The highest BCUT2D eigenvalue weighted by Crippen LogP contribution is 2.34. The maximum Gasteiger partial charge on any atom is 0.356 e. The quantitative estimate of drug-likeness (QED) is 0.882. The van der Waals surface area contributed by atoms with E-state index in [-0.39, 0.29) is 5.69 Å². The third kappa shape index (κ3) is 2.08. The summed E-state index contributed by atoms with van der Waals surface area (Å²) < 4.78 is 5.55. The molecule has 0 radical (unpaired) electrons. The van der Waals surface area contributed by atoms with Gasteiger partial charge in [-0.3, -0.25) is 4.98 Å². The van der Waals surface area contributed by atoms with Crippen LogP contribution >= 0.6 is 0 Å². The van der Waals surface area contributed by atoms with Crippen LogP contribution in [0.2, 0.25) is 0 Å². The number of nitrogens with zero attached hydrogens (tertiary/aromatic N) is 3.